The molecule has 0 saturated carbocycles. The SMILES string of the molecule is Fc1ccccc1[C@H](c1nnnn1Cc1cccs1)N1CCN(Cc2ccccc2)CC1. The van der Waals surface area contributed by atoms with Crippen LogP contribution < -0.4 is 0 Å². The van der Waals surface area contributed by atoms with Crippen molar-refractivity contribution < 1.29 is 4.39 Å². The van der Waals surface area contributed by atoms with E-state index in [2.05, 4.69) is 55.7 Å². The molecule has 32 heavy (non-hydrogen) atoms. The van der Waals surface area contributed by atoms with E-state index in [0.29, 0.717) is 17.9 Å². The molecule has 0 radical (unpaired) electrons. The van der Waals surface area contributed by atoms with Crippen molar-refractivity contribution in [1.29, 1.82) is 0 Å². The van der Waals surface area contributed by atoms with Gasteiger partial charge in [-0.3, -0.25) is 9.80 Å². The van der Waals surface area contributed by atoms with Crippen molar-refractivity contribution in [3.63, 3.8) is 0 Å². The first-order valence-electron chi connectivity index (χ1n) is 10.8. The molecule has 6 nitrogen and oxygen atoms in total. The molecule has 0 aliphatic carbocycles. The van der Waals surface area contributed by atoms with Crippen molar-refractivity contribution in [3.05, 3.63) is 99.8 Å². The summed E-state index contributed by atoms with van der Waals surface area (Å²) in [5.41, 5.74) is 1.93. The third-order valence-corrected chi connectivity index (χ3v) is 6.77. The lowest BCUT2D eigenvalue weighted by Gasteiger charge is -2.39. The first-order chi connectivity index (χ1) is 15.8. The summed E-state index contributed by atoms with van der Waals surface area (Å²) in [4.78, 5) is 5.91. The van der Waals surface area contributed by atoms with E-state index in [1.165, 1.54) is 16.5 Å². The minimum atomic E-state index is -0.329. The standard InChI is InChI=1S/C24H25FN6S/c25-22-11-5-4-10-21(22)23(24-26-27-28-31(24)18-20-9-6-16-32-20)30-14-12-29(13-15-30)17-19-7-2-1-3-8-19/h1-11,16,23H,12-15,17-18H2/t23-/m1/s1. The van der Waals surface area contributed by atoms with Crippen LogP contribution in [0.15, 0.2) is 72.1 Å². The molecule has 0 unspecified atom stereocenters. The monoisotopic (exact) mass is 448 g/mol. The molecule has 1 atom stereocenters. The molecule has 0 bridgehead atoms. The van der Waals surface area contributed by atoms with Gasteiger partial charge in [-0.25, -0.2) is 9.07 Å². The summed E-state index contributed by atoms with van der Waals surface area (Å²) < 4.78 is 16.8. The number of hydrogen-bond donors (Lipinski definition) is 0. The van der Waals surface area contributed by atoms with Crippen molar-refractivity contribution in [1.82, 2.24) is 30.0 Å². The van der Waals surface area contributed by atoms with E-state index in [1.807, 2.05) is 29.6 Å². The van der Waals surface area contributed by atoms with Crippen LogP contribution in [0.25, 0.3) is 0 Å². The van der Waals surface area contributed by atoms with E-state index in [0.717, 1.165) is 32.7 Å². The Kier molecular flexibility index (Phi) is 6.34. The maximum absolute atomic E-state index is 14.9. The highest BCUT2D eigenvalue weighted by atomic mass is 32.1. The van der Waals surface area contributed by atoms with Crippen LogP contribution in [0.1, 0.15) is 27.9 Å². The Hall–Kier alpha value is -2.94. The van der Waals surface area contributed by atoms with Gasteiger partial charge in [-0.2, -0.15) is 0 Å². The molecule has 164 valence electrons. The number of halogens is 1. The first kappa shape index (κ1) is 20.9. The zero-order chi connectivity index (χ0) is 21.8. The topological polar surface area (TPSA) is 50.1 Å². The highest BCUT2D eigenvalue weighted by Gasteiger charge is 2.32. The predicted molar refractivity (Wildman–Crippen MR) is 123 cm³/mol. The molecule has 0 N–H and O–H groups in total. The molecule has 4 aromatic rings. The minimum Gasteiger partial charge on any atom is -0.297 e. The molecular weight excluding hydrogens is 423 g/mol. The van der Waals surface area contributed by atoms with E-state index in [1.54, 1.807) is 22.1 Å². The van der Waals surface area contributed by atoms with Gasteiger partial charge in [0.15, 0.2) is 5.82 Å². The molecule has 5 rings (SSSR count). The maximum Gasteiger partial charge on any atom is 0.173 e. The highest BCUT2D eigenvalue weighted by molar-refractivity contribution is 7.09. The molecule has 1 aliphatic heterocycles. The number of rotatable bonds is 7. The molecule has 8 heteroatoms. The van der Waals surface area contributed by atoms with E-state index in [-0.39, 0.29) is 11.9 Å². The van der Waals surface area contributed by atoms with Crippen molar-refractivity contribution in [3.8, 4) is 0 Å². The summed E-state index contributed by atoms with van der Waals surface area (Å²) in [6, 6.07) is 21.2. The van der Waals surface area contributed by atoms with Crippen LogP contribution in [0.5, 0.6) is 0 Å². The number of aromatic nitrogens is 4. The average Bonchev–Trinajstić information content (AvgIpc) is 3.50. The molecule has 2 aromatic carbocycles. The maximum atomic E-state index is 14.9. The van der Waals surface area contributed by atoms with Crippen molar-refractivity contribution >= 4 is 11.3 Å². The lowest BCUT2D eigenvalue weighted by molar-refractivity contribution is 0.0990. The lowest BCUT2D eigenvalue weighted by atomic mass is 10.0. The van der Waals surface area contributed by atoms with Crippen LogP contribution in [0.4, 0.5) is 4.39 Å². The lowest BCUT2D eigenvalue weighted by Crippen LogP contribution is -2.48. The van der Waals surface area contributed by atoms with Gasteiger partial charge in [-0.05, 0) is 33.5 Å². The van der Waals surface area contributed by atoms with Crippen LogP contribution >= 0.6 is 11.3 Å². The van der Waals surface area contributed by atoms with Gasteiger partial charge in [-0.1, -0.05) is 54.6 Å². The van der Waals surface area contributed by atoms with Crippen molar-refractivity contribution in [2.45, 2.75) is 19.1 Å². The number of hydrogen-bond acceptors (Lipinski definition) is 6. The molecule has 0 amide bonds. The van der Waals surface area contributed by atoms with Crippen molar-refractivity contribution in [2.75, 3.05) is 26.2 Å². The Morgan fingerprint density at radius 3 is 2.41 bits per heavy atom. The minimum absolute atomic E-state index is 0.227. The van der Waals surface area contributed by atoms with Gasteiger partial charge in [0.2, 0.25) is 0 Å². The Bertz CT molecular complexity index is 1120. The Morgan fingerprint density at radius 1 is 0.875 bits per heavy atom. The third kappa shape index (κ3) is 4.62. The average molecular weight is 449 g/mol. The van der Waals surface area contributed by atoms with E-state index in [4.69, 9.17) is 0 Å². The fourth-order valence-corrected chi connectivity index (χ4v) is 4.97. The summed E-state index contributed by atoms with van der Waals surface area (Å²) in [5, 5.41) is 14.6. The van der Waals surface area contributed by atoms with Crippen LogP contribution in [-0.2, 0) is 13.1 Å². The van der Waals surface area contributed by atoms with Crippen LogP contribution in [0, 0.1) is 5.82 Å². The highest BCUT2D eigenvalue weighted by Crippen LogP contribution is 2.30. The normalized spacial score (nSPS) is 16.3. The van der Waals surface area contributed by atoms with E-state index >= 15 is 0 Å². The molecule has 0 spiro atoms. The molecule has 1 aliphatic rings. The zero-order valence-electron chi connectivity index (χ0n) is 17.7. The quantitative estimate of drug-likeness (QED) is 0.430. The summed E-state index contributed by atoms with van der Waals surface area (Å²) >= 11 is 1.67. The molecular formula is C24H25FN6S. The number of benzene rings is 2. The van der Waals surface area contributed by atoms with Crippen LogP contribution in [0.3, 0.4) is 0 Å². The third-order valence-electron chi connectivity index (χ3n) is 5.91. The molecule has 2 aromatic heterocycles. The van der Waals surface area contributed by atoms with Gasteiger partial charge in [0, 0.05) is 43.2 Å². The second-order valence-corrected chi connectivity index (χ2v) is 9.03. The summed E-state index contributed by atoms with van der Waals surface area (Å²) in [6.07, 6.45) is 0. The van der Waals surface area contributed by atoms with Gasteiger partial charge in [0.25, 0.3) is 0 Å². The summed E-state index contributed by atoms with van der Waals surface area (Å²) in [7, 11) is 0. The summed E-state index contributed by atoms with van der Waals surface area (Å²) in [6.45, 7) is 4.96. The number of tetrazole rings is 1. The zero-order valence-corrected chi connectivity index (χ0v) is 18.5. The van der Waals surface area contributed by atoms with Gasteiger partial charge in [-0.15, -0.1) is 16.4 Å². The van der Waals surface area contributed by atoms with Gasteiger partial charge in [0.1, 0.15) is 11.9 Å². The Labute approximate surface area is 190 Å². The molecule has 3 heterocycles. The largest absolute Gasteiger partial charge is 0.297 e. The second-order valence-electron chi connectivity index (χ2n) is 8.00. The molecule has 1 fully saturated rings. The molecule has 1 saturated heterocycles. The smallest absolute Gasteiger partial charge is 0.173 e. The van der Waals surface area contributed by atoms with Crippen LogP contribution in [-0.4, -0.2) is 56.2 Å². The van der Waals surface area contributed by atoms with Gasteiger partial charge < -0.3 is 0 Å². The summed E-state index contributed by atoms with van der Waals surface area (Å²) in [5.74, 6) is 0.454. The Balaban J connectivity index is 1.39. The number of nitrogens with zero attached hydrogens (tertiary/aromatic N) is 6. The van der Waals surface area contributed by atoms with E-state index < -0.39 is 0 Å². The number of thiophene rings is 1. The number of piperazine rings is 1. The van der Waals surface area contributed by atoms with Gasteiger partial charge >= 0.3 is 0 Å². The first-order valence-corrected chi connectivity index (χ1v) is 11.7. The Morgan fingerprint density at radius 2 is 1.66 bits per heavy atom. The van der Waals surface area contributed by atoms with Crippen LogP contribution in [0.2, 0.25) is 0 Å². The predicted octanol–water partition coefficient (Wildman–Crippen LogP) is 3.83. The fourth-order valence-electron chi connectivity index (χ4n) is 4.29. The second kappa shape index (κ2) is 9.68. The fraction of sp³-hybridized carbons (Fsp3) is 0.292. The van der Waals surface area contributed by atoms with E-state index in [9.17, 15) is 4.39 Å². The van der Waals surface area contributed by atoms with Gasteiger partial charge in [0.05, 0.1) is 6.54 Å². The van der Waals surface area contributed by atoms with Crippen molar-refractivity contribution in [2.24, 2.45) is 0 Å².